The molecule has 0 radical (unpaired) electrons. The van der Waals surface area contributed by atoms with E-state index in [0.717, 1.165) is 11.1 Å². The zero-order valence-corrected chi connectivity index (χ0v) is 20.0. The maximum atomic E-state index is 12.7. The van der Waals surface area contributed by atoms with Gasteiger partial charge in [-0.2, -0.15) is 4.98 Å². The molecule has 1 aliphatic heterocycles. The lowest BCUT2D eigenvalue weighted by molar-refractivity contribution is -0.128. The molecule has 0 bridgehead atoms. The Kier molecular flexibility index (Phi) is 6.90. The van der Waals surface area contributed by atoms with Gasteiger partial charge < -0.3 is 28.4 Å². The van der Waals surface area contributed by atoms with E-state index in [1.807, 2.05) is 50.2 Å². The maximum absolute atomic E-state index is 12.7. The number of benzene rings is 2. The van der Waals surface area contributed by atoms with Crippen LogP contribution in [0.4, 0.5) is 0 Å². The monoisotopic (exact) mass is 467 g/mol. The number of methoxy groups -OCH3 is 3. The van der Waals surface area contributed by atoms with Crippen molar-refractivity contribution in [3.05, 3.63) is 47.9 Å². The van der Waals surface area contributed by atoms with Crippen molar-refractivity contribution in [2.24, 2.45) is 0 Å². The van der Waals surface area contributed by atoms with Crippen LogP contribution in [0.2, 0.25) is 0 Å². The second-order valence-corrected chi connectivity index (χ2v) is 8.34. The van der Waals surface area contributed by atoms with Crippen LogP contribution in [-0.2, 0) is 11.3 Å². The molecule has 9 nitrogen and oxygen atoms in total. The fourth-order valence-corrected chi connectivity index (χ4v) is 3.98. The normalized spacial score (nSPS) is 15.6. The molecule has 1 unspecified atom stereocenters. The first-order valence-corrected chi connectivity index (χ1v) is 11.1. The number of likely N-dealkylation sites (tertiary alicyclic amines) is 1. The summed E-state index contributed by atoms with van der Waals surface area (Å²) in [6.45, 7) is 4.79. The van der Waals surface area contributed by atoms with Crippen molar-refractivity contribution >= 4 is 5.91 Å². The number of hydrogen-bond donors (Lipinski definition) is 0. The number of nitrogens with zero attached hydrogens (tertiary/aromatic N) is 3. The Morgan fingerprint density at radius 3 is 2.50 bits per heavy atom. The number of ether oxygens (including phenoxy) is 4. The van der Waals surface area contributed by atoms with Gasteiger partial charge in [-0.1, -0.05) is 5.16 Å². The summed E-state index contributed by atoms with van der Waals surface area (Å²) in [5.41, 5.74) is 1.61. The van der Waals surface area contributed by atoms with Gasteiger partial charge in [0.1, 0.15) is 11.5 Å². The summed E-state index contributed by atoms with van der Waals surface area (Å²) < 4.78 is 27.5. The molecule has 1 fully saturated rings. The van der Waals surface area contributed by atoms with Crippen LogP contribution in [0.1, 0.15) is 37.6 Å². The zero-order valence-electron chi connectivity index (χ0n) is 20.0. The van der Waals surface area contributed by atoms with E-state index >= 15 is 0 Å². The molecule has 180 valence electrons. The largest absolute Gasteiger partial charge is 0.497 e. The van der Waals surface area contributed by atoms with Gasteiger partial charge in [-0.05, 0) is 50.2 Å². The minimum Gasteiger partial charge on any atom is -0.497 e. The summed E-state index contributed by atoms with van der Waals surface area (Å²) in [7, 11) is 4.80. The third kappa shape index (κ3) is 4.93. The van der Waals surface area contributed by atoms with Crippen LogP contribution in [0.5, 0.6) is 23.0 Å². The van der Waals surface area contributed by atoms with E-state index in [2.05, 4.69) is 10.1 Å². The van der Waals surface area contributed by atoms with E-state index in [4.69, 9.17) is 23.5 Å². The molecule has 1 amide bonds. The molecule has 2 heterocycles. The second-order valence-electron chi connectivity index (χ2n) is 8.34. The first kappa shape index (κ1) is 23.4. The van der Waals surface area contributed by atoms with Crippen molar-refractivity contribution in [3.63, 3.8) is 0 Å². The Balaban J connectivity index is 1.49. The number of carbonyl (C=O) groups is 1. The average Bonchev–Trinajstić information content (AvgIpc) is 3.46. The van der Waals surface area contributed by atoms with Crippen LogP contribution in [-0.4, -0.2) is 54.9 Å². The Bertz CT molecular complexity index is 1160. The lowest BCUT2D eigenvalue weighted by Crippen LogP contribution is -2.24. The summed E-state index contributed by atoms with van der Waals surface area (Å²) in [5.74, 6) is 3.36. The first-order valence-electron chi connectivity index (χ1n) is 11.1. The summed E-state index contributed by atoms with van der Waals surface area (Å²) in [6, 6.07) is 11.0. The smallest absolute Gasteiger partial charge is 0.232 e. The molecular formula is C25H29N3O6. The molecule has 0 spiro atoms. The van der Waals surface area contributed by atoms with Crippen LogP contribution < -0.4 is 18.9 Å². The molecular weight excluding hydrogens is 438 g/mol. The van der Waals surface area contributed by atoms with Crippen molar-refractivity contribution in [3.8, 4) is 34.4 Å². The van der Waals surface area contributed by atoms with Crippen molar-refractivity contribution in [1.29, 1.82) is 0 Å². The number of carbonyl (C=O) groups excluding carboxylic acids is 1. The standard InChI is InChI=1S/C25H29N3O6/c1-15(2)33-21-8-6-16(11-22(21)32-5)24-26-25(34-27-24)18-12-23(29)28(14-18)13-17-10-19(30-3)7-9-20(17)31-4/h6-11,15,18H,12-14H2,1-5H3. The summed E-state index contributed by atoms with van der Waals surface area (Å²) in [6.07, 6.45) is 0.328. The van der Waals surface area contributed by atoms with Crippen LogP contribution in [0.3, 0.4) is 0 Å². The van der Waals surface area contributed by atoms with Crippen LogP contribution >= 0.6 is 0 Å². The van der Waals surface area contributed by atoms with Crippen molar-refractivity contribution in [1.82, 2.24) is 15.0 Å². The van der Waals surface area contributed by atoms with Gasteiger partial charge in [-0.25, -0.2) is 0 Å². The lowest BCUT2D eigenvalue weighted by Gasteiger charge is -2.18. The molecule has 2 aromatic carbocycles. The quantitative estimate of drug-likeness (QED) is 0.465. The van der Waals surface area contributed by atoms with Gasteiger partial charge in [0.25, 0.3) is 0 Å². The van der Waals surface area contributed by atoms with Crippen molar-refractivity contribution in [2.45, 2.75) is 38.8 Å². The number of rotatable bonds is 9. The van der Waals surface area contributed by atoms with Gasteiger partial charge in [-0.3, -0.25) is 4.79 Å². The highest BCUT2D eigenvalue weighted by atomic mass is 16.5. The van der Waals surface area contributed by atoms with E-state index in [9.17, 15) is 4.79 Å². The van der Waals surface area contributed by atoms with Crippen molar-refractivity contribution in [2.75, 3.05) is 27.9 Å². The highest BCUT2D eigenvalue weighted by Gasteiger charge is 2.35. The highest BCUT2D eigenvalue weighted by molar-refractivity contribution is 5.79. The number of aromatic nitrogens is 2. The Morgan fingerprint density at radius 2 is 1.79 bits per heavy atom. The third-order valence-electron chi connectivity index (χ3n) is 5.64. The lowest BCUT2D eigenvalue weighted by atomic mass is 10.1. The Morgan fingerprint density at radius 1 is 1.03 bits per heavy atom. The second kappa shape index (κ2) is 10.0. The highest BCUT2D eigenvalue weighted by Crippen LogP contribution is 2.35. The molecule has 0 aliphatic carbocycles. The molecule has 4 rings (SSSR count). The fraction of sp³-hybridized carbons (Fsp3) is 0.400. The van der Waals surface area contributed by atoms with E-state index in [-0.39, 0.29) is 17.9 Å². The van der Waals surface area contributed by atoms with E-state index in [1.165, 1.54) is 0 Å². The van der Waals surface area contributed by atoms with Crippen LogP contribution in [0.15, 0.2) is 40.9 Å². The average molecular weight is 468 g/mol. The number of hydrogen-bond acceptors (Lipinski definition) is 8. The minimum absolute atomic E-state index is 0.0199. The molecule has 1 atom stereocenters. The molecule has 1 saturated heterocycles. The van der Waals surface area contributed by atoms with E-state index < -0.39 is 0 Å². The Labute approximate surface area is 198 Å². The first-order chi connectivity index (χ1) is 16.4. The summed E-state index contributed by atoms with van der Waals surface area (Å²) in [5, 5.41) is 4.13. The topological polar surface area (TPSA) is 96.2 Å². The molecule has 34 heavy (non-hydrogen) atoms. The molecule has 1 aromatic heterocycles. The predicted octanol–water partition coefficient (Wildman–Crippen LogP) is 4.07. The minimum atomic E-state index is -0.184. The Hall–Kier alpha value is -3.75. The molecule has 9 heteroatoms. The van der Waals surface area contributed by atoms with Crippen molar-refractivity contribution < 1.29 is 28.3 Å². The van der Waals surface area contributed by atoms with Crippen LogP contribution in [0, 0.1) is 0 Å². The van der Waals surface area contributed by atoms with Gasteiger partial charge in [0.2, 0.25) is 17.6 Å². The number of amides is 1. The van der Waals surface area contributed by atoms with Crippen LogP contribution in [0.25, 0.3) is 11.4 Å². The van der Waals surface area contributed by atoms with E-state index in [0.29, 0.717) is 54.2 Å². The summed E-state index contributed by atoms with van der Waals surface area (Å²) >= 11 is 0. The van der Waals surface area contributed by atoms with Gasteiger partial charge in [-0.15, -0.1) is 0 Å². The van der Waals surface area contributed by atoms with Gasteiger partial charge >= 0.3 is 0 Å². The third-order valence-corrected chi connectivity index (χ3v) is 5.64. The summed E-state index contributed by atoms with van der Waals surface area (Å²) in [4.78, 5) is 19.1. The van der Waals surface area contributed by atoms with Gasteiger partial charge in [0, 0.05) is 30.6 Å². The predicted molar refractivity (Wildman–Crippen MR) is 124 cm³/mol. The molecule has 0 saturated carbocycles. The molecule has 1 aliphatic rings. The van der Waals surface area contributed by atoms with Gasteiger partial charge in [0.15, 0.2) is 11.5 Å². The van der Waals surface area contributed by atoms with Gasteiger partial charge in [0.05, 0.1) is 33.4 Å². The van der Waals surface area contributed by atoms with E-state index in [1.54, 1.807) is 26.2 Å². The zero-order chi connectivity index (χ0) is 24.2. The molecule has 0 N–H and O–H groups in total. The molecule has 3 aromatic rings. The maximum Gasteiger partial charge on any atom is 0.232 e. The fourth-order valence-electron chi connectivity index (χ4n) is 3.98. The SMILES string of the molecule is COc1ccc(OC)c(CN2CC(c3nc(-c4ccc(OC(C)C)c(OC)c4)no3)CC2=O)c1.